The van der Waals surface area contributed by atoms with Crippen LogP contribution in [0.1, 0.15) is 175 Å². The summed E-state index contributed by atoms with van der Waals surface area (Å²) in [4.78, 5) is 7.95. The van der Waals surface area contributed by atoms with Crippen molar-refractivity contribution in [3.63, 3.8) is 0 Å². The normalized spacial score (nSPS) is 10.6. The third kappa shape index (κ3) is 62.5. The first-order valence-electron chi connectivity index (χ1n) is 21.5. The van der Waals surface area contributed by atoms with E-state index >= 15 is 0 Å². The molecule has 0 spiro atoms. The molecule has 53 heavy (non-hydrogen) atoms. The van der Waals surface area contributed by atoms with E-state index in [9.17, 15) is 0 Å². The van der Waals surface area contributed by atoms with Gasteiger partial charge in [0.15, 0.2) is 0 Å². The molecule has 2 rings (SSSR count). The van der Waals surface area contributed by atoms with E-state index in [4.69, 9.17) is 18.9 Å². The Hall–Kier alpha value is -1.74. The Morgan fingerprint density at radius 3 is 1.26 bits per heavy atom. The number of nitrogens with zero attached hydrogens (tertiary/aromatic N) is 4. The molecule has 318 valence electrons. The summed E-state index contributed by atoms with van der Waals surface area (Å²) in [6.07, 6.45) is 24.9. The molecule has 0 aliphatic rings. The standard InChI is InChI=1S/C9H16N2.C8H14N2.C8H18O.2C7H16O.C6H14O/c1-9(2)4-3-6-11-7-5-10-8-11;1-8(2)3-5-10-6-4-9-7-10;1-4-5-6-7-9-8(2)3;1-4-5-8-6-7(2)3;1-4-5-6-8-7(2)3;1-4-5-7-6(2)3/h5,7-9H,3-4,6H2,1-2H3;4,6-8H,3,5H2,1-2H3;8H,4-7H2,1-3H3;2*7H,4-6H2,1-3H3;6H,4-5H2,1-3H3. The number of hydrogen-bond donors (Lipinski definition) is 0. The summed E-state index contributed by atoms with van der Waals surface area (Å²) in [5.74, 6) is 2.28. The lowest BCUT2D eigenvalue weighted by Crippen LogP contribution is -2.03. The summed E-state index contributed by atoms with van der Waals surface area (Å²) < 4.78 is 25.3. The quantitative estimate of drug-likeness (QED) is 0.105. The van der Waals surface area contributed by atoms with E-state index in [1.807, 2.05) is 37.4 Å². The Kier molecular flexibility index (Phi) is 50.8. The summed E-state index contributed by atoms with van der Waals surface area (Å²) >= 11 is 0. The molecule has 0 bridgehead atoms. The first-order chi connectivity index (χ1) is 25.2. The largest absolute Gasteiger partial charge is 0.381 e. The third-order valence-corrected chi connectivity index (χ3v) is 6.88. The number of aryl methyl sites for hydroxylation is 2. The molecule has 0 fully saturated rings. The van der Waals surface area contributed by atoms with Gasteiger partial charge in [0.25, 0.3) is 0 Å². The van der Waals surface area contributed by atoms with Gasteiger partial charge in [-0.05, 0) is 104 Å². The lowest BCUT2D eigenvalue weighted by Gasteiger charge is -2.05. The summed E-state index contributed by atoms with van der Waals surface area (Å²) in [5, 5.41) is 0. The SMILES string of the molecule is CC(C)CCCn1ccnc1.CC(C)CCn1ccnc1.CCCCCOC(C)C.CCCCOC(C)C.CCCOC(C)C.CCCOCC(C)C. The van der Waals surface area contributed by atoms with Crippen LogP contribution in [-0.4, -0.2) is 70.4 Å². The average molecular weight is 755 g/mol. The third-order valence-electron chi connectivity index (χ3n) is 6.88. The Morgan fingerprint density at radius 1 is 0.453 bits per heavy atom. The molecule has 0 N–H and O–H groups in total. The lowest BCUT2D eigenvalue weighted by molar-refractivity contribution is 0.0759. The minimum absolute atomic E-state index is 0.403. The van der Waals surface area contributed by atoms with Gasteiger partial charge in [-0.25, -0.2) is 9.97 Å². The molecule has 2 aromatic heterocycles. The second-order valence-corrected chi connectivity index (χ2v) is 15.6. The van der Waals surface area contributed by atoms with E-state index in [-0.39, 0.29) is 0 Å². The van der Waals surface area contributed by atoms with Crippen molar-refractivity contribution in [2.24, 2.45) is 17.8 Å². The molecule has 0 unspecified atom stereocenters. The number of ether oxygens (including phenoxy) is 4. The number of imidazole rings is 2. The molecule has 0 aromatic carbocycles. The van der Waals surface area contributed by atoms with E-state index < -0.39 is 0 Å². The highest BCUT2D eigenvalue weighted by Gasteiger charge is 1.95. The summed E-state index contributed by atoms with van der Waals surface area (Å²) in [6.45, 7) is 41.1. The molecule has 8 heteroatoms. The monoisotopic (exact) mass is 755 g/mol. The molecule has 0 saturated carbocycles. The molecule has 2 heterocycles. The van der Waals surface area contributed by atoms with Crippen LogP contribution in [-0.2, 0) is 32.0 Å². The van der Waals surface area contributed by atoms with Gasteiger partial charge in [-0.1, -0.05) is 88.5 Å². The highest BCUT2D eigenvalue weighted by Crippen LogP contribution is 2.05. The first kappa shape index (κ1) is 58.0. The van der Waals surface area contributed by atoms with Crippen LogP contribution < -0.4 is 0 Å². The highest BCUT2D eigenvalue weighted by molar-refractivity contribution is 4.74. The van der Waals surface area contributed by atoms with E-state index in [1.54, 1.807) is 0 Å². The molecule has 0 aliphatic carbocycles. The van der Waals surface area contributed by atoms with E-state index in [2.05, 4.69) is 130 Å². The van der Waals surface area contributed by atoms with Crippen LogP contribution in [0, 0.1) is 17.8 Å². The van der Waals surface area contributed by atoms with Crippen LogP contribution in [0.25, 0.3) is 0 Å². The zero-order valence-corrected chi connectivity index (χ0v) is 38.4. The van der Waals surface area contributed by atoms with Gasteiger partial charge in [0.2, 0.25) is 0 Å². The van der Waals surface area contributed by atoms with Gasteiger partial charge < -0.3 is 28.1 Å². The first-order valence-corrected chi connectivity index (χ1v) is 21.5. The van der Waals surface area contributed by atoms with Crippen LogP contribution >= 0.6 is 0 Å². The van der Waals surface area contributed by atoms with Crippen molar-refractivity contribution in [1.29, 1.82) is 0 Å². The van der Waals surface area contributed by atoms with Gasteiger partial charge >= 0.3 is 0 Å². The fraction of sp³-hybridized carbons (Fsp3) is 0.867. The predicted molar refractivity (Wildman–Crippen MR) is 232 cm³/mol. The molecule has 0 amide bonds. The maximum absolute atomic E-state index is 5.34. The minimum atomic E-state index is 0.403. The Morgan fingerprint density at radius 2 is 0.906 bits per heavy atom. The molecule has 0 aliphatic heterocycles. The number of rotatable bonds is 23. The van der Waals surface area contributed by atoms with Crippen LogP contribution in [0.5, 0.6) is 0 Å². The van der Waals surface area contributed by atoms with Gasteiger partial charge in [-0.15, -0.1) is 0 Å². The summed E-state index contributed by atoms with van der Waals surface area (Å²) in [5.41, 5.74) is 0. The van der Waals surface area contributed by atoms with E-state index in [0.717, 1.165) is 70.8 Å². The van der Waals surface area contributed by atoms with Crippen molar-refractivity contribution in [1.82, 2.24) is 19.1 Å². The molecule has 0 radical (unpaired) electrons. The van der Waals surface area contributed by atoms with Crippen molar-refractivity contribution in [3.8, 4) is 0 Å². The molecule has 0 saturated heterocycles. The second kappa shape index (κ2) is 46.4. The lowest BCUT2D eigenvalue weighted by atomic mass is 10.1. The van der Waals surface area contributed by atoms with Gasteiger partial charge in [-0.2, -0.15) is 0 Å². The number of unbranched alkanes of at least 4 members (excludes halogenated alkanes) is 3. The molecular formula is C45H94N4O4. The summed E-state index contributed by atoms with van der Waals surface area (Å²) in [6, 6.07) is 0. The summed E-state index contributed by atoms with van der Waals surface area (Å²) in [7, 11) is 0. The van der Waals surface area contributed by atoms with Gasteiger partial charge in [-0.3, -0.25) is 0 Å². The zero-order valence-electron chi connectivity index (χ0n) is 38.4. The number of aromatic nitrogens is 4. The average Bonchev–Trinajstić information content (AvgIpc) is 3.81. The fourth-order valence-corrected chi connectivity index (χ4v) is 3.88. The fourth-order valence-electron chi connectivity index (χ4n) is 3.88. The zero-order chi connectivity index (χ0) is 41.1. The van der Waals surface area contributed by atoms with Crippen molar-refractivity contribution in [3.05, 3.63) is 37.4 Å². The van der Waals surface area contributed by atoms with Crippen LogP contribution in [0.3, 0.4) is 0 Å². The highest BCUT2D eigenvalue weighted by atomic mass is 16.5. The maximum Gasteiger partial charge on any atom is 0.0945 e. The van der Waals surface area contributed by atoms with Crippen molar-refractivity contribution < 1.29 is 18.9 Å². The van der Waals surface area contributed by atoms with E-state index in [0.29, 0.717) is 24.2 Å². The minimum Gasteiger partial charge on any atom is -0.381 e. The van der Waals surface area contributed by atoms with Gasteiger partial charge in [0.05, 0.1) is 31.0 Å². The van der Waals surface area contributed by atoms with Crippen LogP contribution in [0.2, 0.25) is 0 Å². The molecular weight excluding hydrogens is 661 g/mol. The Balaban J connectivity index is -0.000000274. The predicted octanol–water partition coefficient (Wildman–Crippen LogP) is 13.0. The van der Waals surface area contributed by atoms with Crippen LogP contribution in [0.15, 0.2) is 37.4 Å². The van der Waals surface area contributed by atoms with Crippen molar-refractivity contribution >= 4 is 0 Å². The van der Waals surface area contributed by atoms with Crippen molar-refractivity contribution in [2.45, 2.75) is 206 Å². The Labute approximate surface area is 331 Å². The van der Waals surface area contributed by atoms with Gasteiger partial charge in [0.1, 0.15) is 0 Å². The molecule has 2 aromatic rings. The van der Waals surface area contributed by atoms with Crippen molar-refractivity contribution in [2.75, 3.05) is 33.0 Å². The molecule has 8 nitrogen and oxygen atoms in total. The smallest absolute Gasteiger partial charge is 0.0945 e. The number of hydrogen-bond acceptors (Lipinski definition) is 6. The van der Waals surface area contributed by atoms with Crippen LogP contribution in [0.4, 0.5) is 0 Å². The Bertz CT molecular complexity index is 840. The van der Waals surface area contributed by atoms with E-state index in [1.165, 1.54) is 51.4 Å². The molecule has 0 atom stereocenters. The maximum atomic E-state index is 5.34. The topological polar surface area (TPSA) is 72.6 Å². The second-order valence-electron chi connectivity index (χ2n) is 15.6. The van der Waals surface area contributed by atoms with Gasteiger partial charge in [0, 0.05) is 70.9 Å².